The van der Waals surface area contributed by atoms with E-state index in [2.05, 4.69) is 4.74 Å². The van der Waals surface area contributed by atoms with E-state index in [4.69, 9.17) is 14.2 Å². The smallest absolute Gasteiger partial charge is 0.344 e. The Balaban J connectivity index is 2.33. The number of benzene rings is 2. The first-order valence-corrected chi connectivity index (χ1v) is 11.8. The number of ketones is 1. The van der Waals surface area contributed by atoms with Crippen molar-refractivity contribution in [3.8, 4) is 5.69 Å². The van der Waals surface area contributed by atoms with Crippen molar-refractivity contribution in [2.75, 3.05) is 28.4 Å². The second-order valence-corrected chi connectivity index (χ2v) is 8.49. The van der Waals surface area contributed by atoms with Crippen LogP contribution in [-0.2, 0) is 28.5 Å². The first kappa shape index (κ1) is 27.9. The summed E-state index contributed by atoms with van der Waals surface area (Å²) in [6, 6.07) is 14.7. The molecule has 3 aromatic rings. The van der Waals surface area contributed by atoms with Gasteiger partial charge in [0.25, 0.3) is 0 Å². The second kappa shape index (κ2) is 12.5. The van der Waals surface area contributed by atoms with Crippen LogP contribution < -0.4 is 0 Å². The number of esters is 4. The van der Waals surface area contributed by atoms with E-state index in [-0.39, 0.29) is 27.3 Å². The number of thioether (sulfide) groups is 1. The highest BCUT2D eigenvalue weighted by atomic mass is 32.2. The van der Waals surface area contributed by atoms with Gasteiger partial charge in [-0.2, -0.15) is 0 Å². The molecule has 38 heavy (non-hydrogen) atoms. The third kappa shape index (κ3) is 5.84. The number of carbonyl (C=O) groups is 5. The van der Waals surface area contributed by atoms with E-state index in [1.54, 1.807) is 54.6 Å². The summed E-state index contributed by atoms with van der Waals surface area (Å²) in [6.07, 6.45) is 2.26. The number of ether oxygens (including phenoxy) is 4. The number of para-hydroxylation sites is 1. The SMILES string of the molecule is COC(=O)/C=C(\Sc1ccccc1-n1cc(C(=O)OC)c(C(=O)OC)c1C(=O)c1ccccc1)C(=O)OC. The Hall–Kier alpha value is -4.64. The van der Waals surface area contributed by atoms with E-state index >= 15 is 0 Å². The summed E-state index contributed by atoms with van der Waals surface area (Å²) in [5.41, 5.74) is -0.0766. The fraction of sp³-hybridized carbons (Fsp3) is 0.148. The summed E-state index contributed by atoms with van der Waals surface area (Å²) in [5, 5.41) is 0. The number of methoxy groups -OCH3 is 4. The molecule has 3 rings (SSSR count). The maximum Gasteiger partial charge on any atom is 0.344 e. The minimum atomic E-state index is -0.922. The molecular weight excluding hydrogens is 514 g/mol. The molecule has 196 valence electrons. The van der Waals surface area contributed by atoms with Gasteiger partial charge in [0.05, 0.1) is 39.7 Å². The van der Waals surface area contributed by atoms with Crippen LogP contribution in [-0.4, -0.2) is 62.7 Å². The van der Waals surface area contributed by atoms with Crippen LogP contribution in [0.5, 0.6) is 0 Å². The van der Waals surface area contributed by atoms with Crippen LogP contribution >= 0.6 is 11.8 Å². The number of aromatic nitrogens is 1. The van der Waals surface area contributed by atoms with Crippen LogP contribution in [0.1, 0.15) is 36.8 Å². The molecule has 0 aliphatic carbocycles. The lowest BCUT2D eigenvalue weighted by Crippen LogP contribution is -2.16. The van der Waals surface area contributed by atoms with Gasteiger partial charge in [-0.1, -0.05) is 54.2 Å². The molecule has 0 amide bonds. The molecule has 1 aromatic heterocycles. The number of hydrogen-bond acceptors (Lipinski definition) is 10. The summed E-state index contributed by atoms with van der Waals surface area (Å²) >= 11 is 0.867. The Kier molecular flexibility index (Phi) is 9.23. The van der Waals surface area contributed by atoms with Crippen molar-refractivity contribution in [1.82, 2.24) is 4.57 Å². The van der Waals surface area contributed by atoms with Crippen LogP contribution in [0.4, 0.5) is 0 Å². The van der Waals surface area contributed by atoms with Crippen molar-refractivity contribution in [3.05, 3.63) is 94.2 Å². The predicted molar refractivity (Wildman–Crippen MR) is 136 cm³/mol. The predicted octanol–water partition coefficient (Wildman–Crippen LogP) is 3.60. The van der Waals surface area contributed by atoms with E-state index in [1.807, 2.05) is 0 Å². The normalized spacial score (nSPS) is 10.9. The summed E-state index contributed by atoms with van der Waals surface area (Å²) in [5.74, 6) is -3.93. The standard InChI is InChI=1S/C27H23NO9S/c1-34-21(29)14-20(26(32)36-3)38-19-13-9-8-12-18(19)28-15-17(25(31)35-2)22(27(33)37-4)23(28)24(30)16-10-6-5-7-11-16/h5-15H,1-4H3/b20-14-. The Morgan fingerprint density at radius 3 is 2.00 bits per heavy atom. The third-order valence-corrected chi connectivity index (χ3v) is 6.30. The van der Waals surface area contributed by atoms with Crippen molar-refractivity contribution in [3.63, 3.8) is 0 Å². The van der Waals surface area contributed by atoms with Crippen molar-refractivity contribution >= 4 is 41.4 Å². The van der Waals surface area contributed by atoms with Crippen LogP contribution in [0.2, 0.25) is 0 Å². The molecule has 10 nitrogen and oxygen atoms in total. The molecule has 0 bridgehead atoms. The van der Waals surface area contributed by atoms with Crippen LogP contribution in [0.3, 0.4) is 0 Å². The number of hydrogen-bond donors (Lipinski definition) is 0. The Morgan fingerprint density at radius 1 is 0.763 bits per heavy atom. The fourth-order valence-corrected chi connectivity index (χ4v) is 4.45. The largest absolute Gasteiger partial charge is 0.466 e. The molecule has 0 saturated heterocycles. The second-order valence-electron chi connectivity index (χ2n) is 7.41. The van der Waals surface area contributed by atoms with E-state index in [0.29, 0.717) is 10.6 Å². The number of carbonyl (C=O) groups excluding carboxylic acids is 5. The molecule has 0 atom stereocenters. The first-order chi connectivity index (χ1) is 18.3. The highest BCUT2D eigenvalue weighted by Gasteiger charge is 2.33. The van der Waals surface area contributed by atoms with Gasteiger partial charge in [-0.3, -0.25) is 4.79 Å². The van der Waals surface area contributed by atoms with Crippen molar-refractivity contribution in [2.24, 2.45) is 0 Å². The minimum absolute atomic E-state index is 0.101. The molecular formula is C27H23NO9S. The quantitative estimate of drug-likeness (QED) is 0.131. The first-order valence-electron chi connectivity index (χ1n) is 10.9. The van der Waals surface area contributed by atoms with Crippen molar-refractivity contribution in [1.29, 1.82) is 0 Å². The zero-order valence-corrected chi connectivity index (χ0v) is 21.7. The molecule has 0 aliphatic heterocycles. The van der Waals surface area contributed by atoms with Gasteiger partial charge in [-0.25, -0.2) is 19.2 Å². The molecule has 0 spiro atoms. The summed E-state index contributed by atoms with van der Waals surface area (Å²) in [4.78, 5) is 63.9. The van der Waals surface area contributed by atoms with Gasteiger partial charge < -0.3 is 23.5 Å². The Morgan fingerprint density at radius 2 is 1.39 bits per heavy atom. The molecule has 0 N–H and O–H groups in total. The topological polar surface area (TPSA) is 127 Å². The highest BCUT2D eigenvalue weighted by molar-refractivity contribution is 8.04. The molecule has 2 aromatic carbocycles. The number of nitrogens with zero attached hydrogens (tertiary/aromatic N) is 1. The fourth-order valence-electron chi connectivity index (χ4n) is 3.48. The van der Waals surface area contributed by atoms with E-state index in [0.717, 1.165) is 46.3 Å². The molecule has 0 saturated carbocycles. The van der Waals surface area contributed by atoms with Crippen LogP contribution in [0, 0.1) is 0 Å². The Labute approximate surface area is 222 Å². The average molecular weight is 538 g/mol. The van der Waals surface area contributed by atoms with Gasteiger partial charge in [0, 0.05) is 22.7 Å². The molecule has 0 aliphatic rings. The van der Waals surface area contributed by atoms with Crippen LogP contribution in [0.15, 0.2) is 76.7 Å². The monoisotopic (exact) mass is 537 g/mol. The van der Waals surface area contributed by atoms with Gasteiger partial charge in [0.15, 0.2) is 0 Å². The lowest BCUT2D eigenvalue weighted by atomic mass is 10.0. The summed E-state index contributed by atoms with van der Waals surface area (Å²) < 4.78 is 20.5. The van der Waals surface area contributed by atoms with E-state index < -0.39 is 29.7 Å². The van der Waals surface area contributed by atoms with Gasteiger partial charge in [-0.15, -0.1) is 0 Å². The van der Waals surface area contributed by atoms with Gasteiger partial charge in [0.2, 0.25) is 5.78 Å². The maximum atomic E-state index is 13.7. The Bertz CT molecular complexity index is 1420. The van der Waals surface area contributed by atoms with Gasteiger partial charge in [-0.05, 0) is 12.1 Å². The maximum absolute atomic E-state index is 13.7. The summed E-state index contributed by atoms with van der Waals surface area (Å²) in [6.45, 7) is 0. The van der Waals surface area contributed by atoms with Crippen LogP contribution in [0.25, 0.3) is 5.69 Å². The highest BCUT2D eigenvalue weighted by Crippen LogP contribution is 2.35. The average Bonchev–Trinajstić information content (AvgIpc) is 3.36. The van der Waals surface area contributed by atoms with Gasteiger partial charge in [0.1, 0.15) is 16.2 Å². The molecule has 0 fully saturated rings. The molecule has 0 radical (unpaired) electrons. The minimum Gasteiger partial charge on any atom is -0.466 e. The third-order valence-electron chi connectivity index (χ3n) is 5.23. The van der Waals surface area contributed by atoms with E-state index in [1.165, 1.54) is 10.8 Å². The lowest BCUT2D eigenvalue weighted by molar-refractivity contribution is -0.137. The van der Waals surface area contributed by atoms with E-state index in [9.17, 15) is 24.0 Å². The zero-order valence-electron chi connectivity index (χ0n) is 20.9. The van der Waals surface area contributed by atoms with Crippen molar-refractivity contribution < 1.29 is 42.9 Å². The molecule has 11 heteroatoms. The lowest BCUT2D eigenvalue weighted by Gasteiger charge is -2.15. The van der Waals surface area contributed by atoms with Gasteiger partial charge >= 0.3 is 23.9 Å². The molecule has 0 unspecified atom stereocenters. The molecule has 1 heterocycles. The number of rotatable bonds is 9. The summed E-state index contributed by atoms with van der Waals surface area (Å²) in [7, 11) is 4.59. The van der Waals surface area contributed by atoms with Crippen molar-refractivity contribution in [2.45, 2.75) is 4.90 Å². The zero-order chi connectivity index (χ0) is 27.8.